The maximum Gasteiger partial charge on any atom is 0.237 e. The van der Waals surface area contributed by atoms with Crippen LogP contribution < -0.4 is 5.32 Å². The molecule has 2 heterocycles. The molecule has 1 atom stereocenters. The molecule has 1 N–H and O–H groups in total. The SMILES string of the molecule is CNC1CCCN(CC(=O)N2CCc3ccccc3C2)C1. The highest BCUT2D eigenvalue weighted by Gasteiger charge is 2.24. The average molecular weight is 287 g/mol. The number of fused-ring (bicyclic) bond motifs is 1. The fourth-order valence-corrected chi connectivity index (χ4v) is 3.43. The number of hydrogen-bond donors (Lipinski definition) is 1. The molecule has 21 heavy (non-hydrogen) atoms. The number of hydrogen-bond acceptors (Lipinski definition) is 3. The normalized spacial score (nSPS) is 22.9. The smallest absolute Gasteiger partial charge is 0.237 e. The lowest BCUT2D eigenvalue weighted by Crippen LogP contribution is -2.49. The molecule has 1 aromatic rings. The van der Waals surface area contributed by atoms with Crippen LogP contribution in [0.3, 0.4) is 0 Å². The van der Waals surface area contributed by atoms with Crippen LogP contribution in [0, 0.1) is 0 Å². The lowest BCUT2D eigenvalue weighted by molar-refractivity contribution is -0.133. The van der Waals surface area contributed by atoms with Gasteiger partial charge in [-0.05, 0) is 44.0 Å². The van der Waals surface area contributed by atoms with Crippen molar-refractivity contribution in [2.75, 3.05) is 33.2 Å². The average Bonchev–Trinajstić information content (AvgIpc) is 2.54. The highest BCUT2D eigenvalue weighted by molar-refractivity contribution is 5.78. The second-order valence-electron chi connectivity index (χ2n) is 6.20. The lowest BCUT2D eigenvalue weighted by Gasteiger charge is -2.35. The third-order valence-electron chi connectivity index (χ3n) is 4.76. The van der Waals surface area contributed by atoms with E-state index in [1.54, 1.807) is 0 Å². The molecule has 1 saturated heterocycles. The summed E-state index contributed by atoms with van der Waals surface area (Å²) in [6.07, 6.45) is 3.39. The third-order valence-corrected chi connectivity index (χ3v) is 4.76. The zero-order valence-corrected chi connectivity index (χ0v) is 12.8. The number of carbonyl (C=O) groups is 1. The van der Waals surface area contributed by atoms with Gasteiger partial charge in [-0.1, -0.05) is 24.3 Å². The summed E-state index contributed by atoms with van der Waals surface area (Å²) in [6, 6.07) is 9.01. The van der Waals surface area contributed by atoms with Crippen LogP contribution in [0.1, 0.15) is 24.0 Å². The zero-order valence-electron chi connectivity index (χ0n) is 12.8. The Labute approximate surface area is 127 Å². The molecule has 0 aromatic heterocycles. The molecular weight excluding hydrogens is 262 g/mol. The third kappa shape index (κ3) is 3.44. The van der Waals surface area contributed by atoms with Gasteiger partial charge in [0.05, 0.1) is 6.54 Å². The van der Waals surface area contributed by atoms with E-state index < -0.39 is 0 Å². The van der Waals surface area contributed by atoms with E-state index in [0.29, 0.717) is 12.6 Å². The monoisotopic (exact) mass is 287 g/mol. The molecule has 1 amide bonds. The van der Waals surface area contributed by atoms with Gasteiger partial charge in [-0.25, -0.2) is 0 Å². The Hall–Kier alpha value is -1.39. The van der Waals surface area contributed by atoms with Crippen molar-refractivity contribution >= 4 is 5.91 Å². The molecule has 0 bridgehead atoms. The Morgan fingerprint density at radius 2 is 2.10 bits per heavy atom. The summed E-state index contributed by atoms with van der Waals surface area (Å²) in [6.45, 7) is 4.25. The number of nitrogens with one attached hydrogen (secondary N) is 1. The quantitative estimate of drug-likeness (QED) is 0.909. The summed E-state index contributed by atoms with van der Waals surface area (Å²) >= 11 is 0. The molecule has 4 heteroatoms. The molecule has 4 nitrogen and oxygen atoms in total. The second-order valence-corrected chi connectivity index (χ2v) is 6.20. The van der Waals surface area contributed by atoms with Crippen LogP contribution in [0.15, 0.2) is 24.3 Å². The molecule has 3 rings (SSSR count). The highest BCUT2D eigenvalue weighted by Crippen LogP contribution is 2.19. The van der Waals surface area contributed by atoms with Gasteiger partial charge in [0, 0.05) is 25.7 Å². The predicted molar refractivity (Wildman–Crippen MR) is 84.1 cm³/mol. The number of amides is 1. The summed E-state index contributed by atoms with van der Waals surface area (Å²) < 4.78 is 0. The van der Waals surface area contributed by atoms with Crippen LogP contribution in [0.5, 0.6) is 0 Å². The number of benzene rings is 1. The van der Waals surface area contributed by atoms with Gasteiger partial charge in [-0.3, -0.25) is 9.69 Å². The van der Waals surface area contributed by atoms with E-state index in [9.17, 15) is 4.79 Å². The summed E-state index contributed by atoms with van der Waals surface area (Å²) in [4.78, 5) is 16.9. The minimum Gasteiger partial charge on any atom is -0.337 e. The van der Waals surface area contributed by atoms with E-state index >= 15 is 0 Å². The van der Waals surface area contributed by atoms with E-state index in [0.717, 1.165) is 32.6 Å². The van der Waals surface area contributed by atoms with Crippen LogP contribution in [0.4, 0.5) is 0 Å². The van der Waals surface area contributed by atoms with Crippen LogP contribution in [-0.4, -0.2) is 55.0 Å². The van der Waals surface area contributed by atoms with Crippen molar-refractivity contribution in [1.82, 2.24) is 15.1 Å². The van der Waals surface area contributed by atoms with E-state index in [4.69, 9.17) is 0 Å². The number of likely N-dealkylation sites (tertiary alicyclic amines) is 1. The van der Waals surface area contributed by atoms with Gasteiger partial charge in [-0.15, -0.1) is 0 Å². The first kappa shape index (κ1) is 14.5. The molecule has 1 fully saturated rings. The van der Waals surface area contributed by atoms with Crippen LogP contribution >= 0.6 is 0 Å². The molecule has 2 aliphatic heterocycles. The summed E-state index contributed by atoms with van der Waals surface area (Å²) in [5.41, 5.74) is 2.71. The Morgan fingerprint density at radius 3 is 2.90 bits per heavy atom. The first-order chi connectivity index (χ1) is 10.3. The van der Waals surface area contributed by atoms with Gasteiger partial charge >= 0.3 is 0 Å². The molecular formula is C17H25N3O. The van der Waals surface area contributed by atoms with Gasteiger partial charge in [-0.2, -0.15) is 0 Å². The molecule has 0 saturated carbocycles. The Morgan fingerprint density at radius 1 is 1.29 bits per heavy atom. The van der Waals surface area contributed by atoms with Gasteiger partial charge < -0.3 is 10.2 Å². The molecule has 0 radical (unpaired) electrons. The molecule has 0 aliphatic carbocycles. The van der Waals surface area contributed by atoms with Crippen LogP contribution in [0.2, 0.25) is 0 Å². The van der Waals surface area contributed by atoms with Crippen LogP contribution in [0.25, 0.3) is 0 Å². The largest absolute Gasteiger partial charge is 0.337 e. The molecule has 114 valence electrons. The summed E-state index contributed by atoms with van der Waals surface area (Å²) in [5, 5.41) is 3.33. The van der Waals surface area contributed by atoms with Gasteiger partial charge in [0.15, 0.2) is 0 Å². The van der Waals surface area contributed by atoms with Crippen molar-refractivity contribution in [3.8, 4) is 0 Å². The Bertz CT molecular complexity index is 503. The minimum atomic E-state index is 0.279. The number of carbonyl (C=O) groups excluding carboxylic acids is 1. The Kier molecular flexibility index (Phi) is 4.56. The molecule has 1 aromatic carbocycles. The highest BCUT2D eigenvalue weighted by atomic mass is 16.2. The number of nitrogens with zero attached hydrogens (tertiary/aromatic N) is 2. The van der Waals surface area contributed by atoms with E-state index in [1.807, 2.05) is 11.9 Å². The maximum absolute atomic E-state index is 12.5. The van der Waals surface area contributed by atoms with Gasteiger partial charge in [0.1, 0.15) is 0 Å². The van der Waals surface area contributed by atoms with E-state index in [1.165, 1.54) is 24.0 Å². The molecule has 1 unspecified atom stereocenters. The van der Waals surface area contributed by atoms with E-state index in [-0.39, 0.29) is 5.91 Å². The minimum absolute atomic E-state index is 0.279. The first-order valence-electron chi connectivity index (χ1n) is 8.00. The summed E-state index contributed by atoms with van der Waals surface area (Å²) in [5.74, 6) is 0.279. The van der Waals surface area contributed by atoms with E-state index in [2.05, 4.69) is 34.5 Å². The van der Waals surface area contributed by atoms with Crippen LogP contribution in [-0.2, 0) is 17.8 Å². The van der Waals surface area contributed by atoms with Gasteiger partial charge in [0.2, 0.25) is 5.91 Å². The predicted octanol–water partition coefficient (Wildman–Crippen LogP) is 1.26. The standard InChI is InChI=1S/C17H25N3O/c1-18-16-7-4-9-19(12-16)13-17(21)20-10-8-14-5-2-3-6-15(14)11-20/h2-3,5-6,16,18H,4,7-13H2,1H3. The molecule has 2 aliphatic rings. The van der Waals surface area contributed by atoms with Gasteiger partial charge in [0.25, 0.3) is 0 Å². The Balaban J connectivity index is 1.57. The van der Waals surface area contributed by atoms with Crippen molar-refractivity contribution in [1.29, 1.82) is 0 Å². The summed E-state index contributed by atoms with van der Waals surface area (Å²) in [7, 11) is 2.01. The first-order valence-corrected chi connectivity index (χ1v) is 8.00. The number of likely N-dealkylation sites (N-methyl/N-ethyl adjacent to an activating group) is 1. The fraction of sp³-hybridized carbons (Fsp3) is 0.588. The van der Waals surface area contributed by atoms with Crippen molar-refractivity contribution in [3.63, 3.8) is 0 Å². The maximum atomic E-state index is 12.5. The number of rotatable bonds is 3. The number of piperidine rings is 1. The van der Waals surface area contributed by atoms with Crippen molar-refractivity contribution in [3.05, 3.63) is 35.4 Å². The zero-order chi connectivity index (χ0) is 14.7. The second kappa shape index (κ2) is 6.58. The fourth-order valence-electron chi connectivity index (χ4n) is 3.43. The van der Waals surface area contributed by atoms with Crippen molar-refractivity contribution < 1.29 is 4.79 Å². The van der Waals surface area contributed by atoms with Crippen molar-refractivity contribution in [2.45, 2.75) is 31.8 Å². The molecule has 0 spiro atoms. The lowest BCUT2D eigenvalue weighted by atomic mass is 10.00. The van der Waals surface area contributed by atoms with Crippen molar-refractivity contribution in [2.24, 2.45) is 0 Å². The topological polar surface area (TPSA) is 35.6 Å².